The molecular formula is C10H10Cl2O. The molecule has 0 aromatic heterocycles. The average Bonchev–Trinajstić information content (AvgIpc) is 2.16. The Hall–Kier alpha value is -0.660. The minimum Gasteiger partial charge on any atom is -0.488 e. The fraction of sp³-hybridized carbons (Fsp3) is 0.200. The van der Waals surface area contributed by atoms with E-state index in [-0.39, 0.29) is 0 Å². The largest absolute Gasteiger partial charge is 0.488 e. The highest BCUT2D eigenvalue weighted by Gasteiger charge is 1.99. The molecule has 3 heteroatoms. The minimum absolute atomic E-state index is 0.407. The molecule has 0 aliphatic rings. The molecular weight excluding hydrogens is 207 g/mol. The second kappa shape index (κ2) is 5.15. The second-order valence-electron chi connectivity index (χ2n) is 2.60. The number of hydrogen-bond donors (Lipinski definition) is 0. The lowest BCUT2D eigenvalue weighted by Gasteiger charge is -2.07. The highest BCUT2D eigenvalue weighted by atomic mass is 35.5. The highest BCUT2D eigenvalue weighted by Crippen LogP contribution is 2.23. The van der Waals surface area contributed by atoms with Crippen molar-refractivity contribution in [3.05, 3.63) is 41.4 Å². The van der Waals surface area contributed by atoms with E-state index in [1.54, 1.807) is 6.07 Å². The first-order valence-electron chi connectivity index (χ1n) is 3.84. The summed E-state index contributed by atoms with van der Waals surface area (Å²) in [5.41, 5.74) is 0.835. The quantitative estimate of drug-likeness (QED) is 0.553. The molecule has 0 fully saturated rings. The molecule has 0 unspecified atom stereocenters. The summed E-state index contributed by atoms with van der Waals surface area (Å²) in [7, 11) is 0. The van der Waals surface area contributed by atoms with Crippen molar-refractivity contribution < 1.29 is 4.74 Å². The van der Waals surface area contributed by atoms with Gasteiger partial charge in [-0.05, 0) is 17.7 Å². The van der Waals surface area contributed by atoms with Gasteiger partial charge in [0.2, 0.25) is 0 Å². The Labute approximate surface area is 87.9 Å². The van der Waals surface area contributed by atoms with E-state index >= 15 is 0 Å². The molecule has 0 N–H and O–H groups in total. The van der Waals surface area contributed by atoms with Gasteiger partial charge in [0.1, 0.15) is 12.4 Å². The van der Waals surface area contributed by atoms with E-state index in [9.17, 15) is 0 Å². The molecule has 0 saturated heterocycles. The van der Waals surface area contributed by atoms with Crippen LogP contribution >= 0.6 is 23.2 Å². The van der Waals surface area contributed by atoms with Gasteiger partial charge < -0.3 is 4.74 Å². The number of para-hydroxylation sites is 1. The van der Waals surface area contributed by atoms with Crippen LogP contribution in [0.2, 0.25) is 5.02 Å². The van der Waals surface area contributed by atoms with Gasteiger partial charge in [-0.25, -0.2) is 0 Å². The Morgan fingerprint density at radius 3 is 2.69 bits per heavy atom. The van der Waals surface area contributed by atoms with Crippen molar-refractivity contribution in [1.29, 1.82) is 0 Å². The zero-order valence-electron chi connectivity index (χ0n) is 7.09. The van der Waals surface area contributed by atoms with Crippen LogP contribution in [0, 0.1) is 0 Å². The van der Waals surface area contributed by atoms with Crippen LogP contribution < -0.4 is 4.74 Å². The first kappa shape index (κ1) is 10.4. The Morgan fingerprint density at radius 2 is 2.08 bits per heavy atom. The average molecular weight is 217 g/mol. The molecule has 0 aliphatic carbocycles. The molecule has 0 atom stereocenters. The molecule has 0 aliphatic heterocycles. The van der Waals surface area contributed by atoms with Crippen LogP contribution in [-0.2, 0) is 0 Å². The molecule has 1 aromatic rings. The van der Waals surface area contributed by atoms with E-state index in [0.29, 0.717) is 23.3 Å². The molecule has 1 aromatic carbocycles. The van der Waals surface area contributed by atoms with E-state index < -0.39 is 0 Å². The van der Waals surface area contributed by atoms with Crippen molar-refractivity contribution in [3.8, 4) is 5.75 Å². The fourth-order valence-electron chi connectivity index (χ4n) is 0.780. The fourth-order valence-corrected chi connectivity index (χ4v) is 1.05. The van der Waals surface area contributed by atoms with Gasteiger partial charge in [-0.2, -0.15) is 0 Å². The third kappa shape index (κ3) is 3.29. The van der Waals surface area contributed by atoms with Crippen molar-refractivity contribution in [2.24, 2.45) is 0 Å². The summed E-state index contributed by atoms with van der Waals surface area (Å²) in [6, 6.07) is 7.31. The molecule has 1 rings (SSSR count). The maximum Gasteiger partial charge on any atom is 0.138 e. The molecule has 0 saturated carbocycles. The standard InChI is InChI=1S/C10H10Cl2O/c1-8(6-11)7-13-10-5-3-2-4-9(10)12/h2-5H,1,6-7H2. The molecule has 13 heavy (non-hydrogen) atoms. The van der Waals surface area contributed by atoms with E-state index in [1.807, 2.05) is 18.2 Å². The van der Waals surface area contributed by atoms with Crippen molar-refractivity contribution in [1.82, 2.24) is 0 Å². The van der Waals surface area contributed by atoms with Crippen molar-refractivity contribution >= 4 is 23.2 Å². The summed E-state index contributed by atoms with van der Waals surface area (Å²) in [5, 5.41) is 0.602. The first-order chi connectivity index (χ1) is 6.24. The molecule has 0 heterocycles. The van der Waals surface area contributed by atoms with Gasteiger partial charge >= 0.3 is 0 Å². The Balaban J connectivity index is 2.54. The van der Waals surface area contributed by atoms with Gasteiger partial charge in [0.25, 0.3) is 0 Å². The van der Waals surface area contributed by atoms with Gasteiger partial charge in [-0.15, -0.1) is 11.6 Å². The molecule has 0 radical (unpaired) electrons. The summed E-state index contributed by atoms with van der Waals surface area (Å²) in [6.07, 6.45) is 0. The van der Waals surface area contributed by atoms with Crippen LogP contribution in [0.1, 0.15) is 0 Å². The smallest absolute Gasteiger partial charge is 0.138 e. The predicted octanol–water partition coefficient (Wildman–Crippen LogP) is 3.51. The van der Waals surface area contributed by atoms with Crippen LogP contribution in [0.15, 0.2) is 36.4 Å². The topological polar surface area (TPSA) is 9.23 Å². The van der Waals surface area contributed by atoms with Crippen LogP contribution in [0.25, 0.3) is 0 Å². The summed E-state index contributed by atoms with van der Waals surface area (Å²) in [4.78, 5) is 0. The second-order valence-corrected chi connectivity index (χ2v) is 3.28. The Kier molecular flexibility index (Phi) is 4.13. The summed E-state index contributed by atoms with van der Waals surface area (Å²) in [5.74, 6) is 1.07. The number of ether oxygens (including phenoxy) is 1. The lowest BCUT2D eigenvalue weighted by atomic mass is 10.3. The first-order valence-corrected chi connectivity index (χ1v) is 4.75. The third-order valence-corrected chi connectivity index (χ3v) is 2.15. The van der Waals surface area contributed by atoms with Crippen LogP contribution in [0.4, 0.5) is 0 Å². The molecule has 1 nitrogen and oxygen atoms in total. The number of alkyl halides is 1. The molecule has 0 amide bonds. The van der Waals surface area contributed by atoms with E-state index in [2.05, 4.69) is 6.58 Å². The Bertz CT molecular complexity index is 297. The van der Waals surface area contributed by atoms with Crippen LogP contribution in [0.3, 0.4) is 0 Å². The predicted molar refractivity (Wildman–Crippen MR) is 56.8 cm³/mol. The van der Waals surface area contributed by atoms with Gasteiger partial charge in [-0.1, -0.05) is 30.3 Å². The van der Waals surface area contributed by atoms with Crippen molar-refractivity contribution in [3.63, 3.8) is 0 Å². The van der Waals surface area contributed by atoms with Crippen LogP contribution in [0.5, 0.6) is 5.75 Å². The maximum absolute atomic E-state index is 5.86. The minimum atomic E-state index is 0.407. The lowest BCUT2D eigenvalue weighted by Crippen LogP contribution is -2.01. The number of benzene rings is 1. The van der Waals surface area contributed by atoms with Crippen LogP contribution in [-0.4, -0.2) is 12.5 Å². The normalized spacial score (nSPS) is 9.69. The zero-order valence-corrected chi connectivity index (χ0v) is 8.61. The van der Waals surface area contributed by atoms with E-state index in [0.717, 1.165) is 5.57 Å². The number of rotatable bonds is 4. The summed E-state index contributed by atoms with van der Waals surface area (Å²) < 4.78 is 5.37. The molecule has 70 valence electrons. The summed E-state index contributed by atoms with van der Waals surface area (Å²) >= 11 is 11.4. The number of halogens is 2. The summed E-state index contributed by atoms with van der Waals surface area (Å²) in [6.45, 7) is 4.13. The van der Waals surface area contributed by atoms with Gasteiger partial charge in [0, 0.05) is 5.88 Å². The van der Waals surface area contributed by atoms with E-state index in [4.69, 9.17) is 27.9 Å². The van der Waals surface area contributed by atoms with Crippen molar-refractivity contribution in [2.45, 2.75) is 0 Å². The monoisotopic (exact) mass is 216 g/mol. The maximum atomic E-state index is 5.86. The SMILES string of the molecule is C=C(CCl)COc1ccccc1Cl. The van der Waals surface area contributed by atoms with Crippen molar-refractivity contribution in [2.75, 3.05) is 12.5 Å². The van der Waals surface area contributed by atoms with E-state index in [1.165, 1.54) is 0 Å². The van der Waals surface area contributed by atoms with Gasteiger partial charge in [-0.3, -0.25) is 0 Å². The van der Waals surface area contributed by atoms with Gasteiger partial charge in [0.05, 0.1) is 5.02 Å². The lowest BCUT2D eigenvalue weighted by molar-refractivity contribution is 0.353. The third-order valence-electron chi connectivity index (χ3n) is 1.46. The number of hydrogen-bond acceptors (Lipinski definition) is 1. The zero-order chi connectivity index (χ0) is 9.68. The van der Waals surface area contributed by atoms with Gasteiger partial charge in [0.15, 0.2) is 0 Å². The molecule has 0 bridgehead atoms. The highest BCUT2D eigenvalue weighted by molar-refractivity contribution is 6.32. The molecule has 0 spiro atoms. The Morgan fingerprint density at radius 1 is 1.38 bits per heavy atom.